The van der Waals surface area contributed by atoms with Gasteiger partial charge in [0.1, 0.15) is 0 Å². The molecule has 0 bridgehead atoms. The van der Waals surface area contributed by atoms with Crippen LogP contribution in [-0.2, 0) is 5.41 Å². The summed E-state index contributed by atoms with van der Waals surface area (Å²) in [5.74, 6) is 0. The number of pyridine rings is 1. The van der Waals surface area contributed by atoms with Crippen LogP contribution < -0.4 is 0 Å². The van der Waals surface area contributed by atoms with Crippen molar-refractivity contribution < 1.29 is 0 Å². The number of rotatable bonds is 7. The molecule has 366 valence electrons. The fourth-order valence-electron chi connectivity index (χ4n) is 13.1. The van der Waals surface area contributed by atoms with Crippen LogP contribution in [0.1, 0.15) is 25.0 Å². The molecular weight excluding hydrogens is 945 g/mol. The van der Waals surface area contributed by atoms with Gasteiger partial charge in [0.05, 0.1) is 44.5 Å². The van der Waals surface area contributed by atoms with Crippen molar-refractivity contribution in [3.63, 3.8) is 0 Å². The smallest absolute Gasteiger partial charge is 0.0715 e. The average molecular weight is 995 g/mol. The van der Waals surface area contributed by atoms with Crippen LogP contribution in [0.3, 0.4) is 0 Å². The number of nitrogens with zero attached hydrogens (tertiary/aromatic N) is 4. The molecule has 0 saturated heterocycles. The lowest BCUT2D eigenvalue weighted by atomic mass is 9.81. The van der Waals surface area contributed by atoms with Crippen molar-refractivity contribution in [3.8, 4) is 73.0 Å². The van der Waals surface area contributed by atoms with E-state index in [0.717, 1.165) is 50.7 Å². The number of hydrogen-bond acceptors (Lipinski definition) is 1. The zero-order chi connectivity index (χ0) is 51.6. The third kappa shape index (κ3) is 6.69. The van der Waals surface area contributed by atoms with E-state index in [1.807, 2.05) is 0 Å². The lowest BCUT2D eigenvalue weighted by Crippen LogP contribution is -2.15. The molecule has 0 fully saturated rings. The lowest BCUT2D eigenvalue weighted by molar-refractivity contribution is 0.661. The Morgan fingerprint density at radius 2 is 0.603 bits per heavy atom. The van der Waals surface area contributed by atoms with E-state index in [2.05, 4.69) is 294 Å². The first kappa shape index (κ1) is 44.3. The summed E-state index contributed by atoms with van der Waals surface area (Å²) in [6.45, 7) is 4.78. The Morgan fingerprint density at radius 3 is 1.05 bits per heavy atom. The molecule has 1 aliphatic rings. The molecule has 4 heterocycles. The van der Waals surface area contributed by atoms with Gasteiger partial charge < -0.3 is 13.7 Å². The number of hydrogen-bond donors (Lipinski definition) is 0. The summed E-state index contributed by atoms with van der Waals surface area (Å²) >= 11 is 0. The Morgan fingerprint density at radius 1 is 0.256 bits per heavy atom. The van der Waals surface area contributed by atoms with E-state index in [9.17, 15) is 0 Å². The van der Waals surface area contributed by atoms with Gasteiger partial charge in [-0.2, -0.15) is 0 Å². The largest absolute Gasteiger partial charge is 0.309 e. The van der Waals surface area contributed by atoms with E-state index in [1.165, 1.54) is 98.8 Å². The third-order valence-electron chi connectivity index (χ3n) is 16.8. The molecule has 0 aliphatic heterocycles. The standard InChI is InChI=1S/C74H50N4/c1-74(2)64-42-49(51-40-54(77-70-28-14-8-22-60(70)61-23-9-15-29-71(61)77)46-55(41-51)78-72-30-16-10-24-62(72)63-25-11-17-31-73(63)78)34-38-56(64)57-39-35-50(43-65(57)74)67-45-52(44-66(75-67)48-18-4-3-5-19-48)47-32-36-53(37-33-47)76-68-26-12-6-20-58(68)59-21-7-13-27-69(59)76/h3-46H,1-2H3. The van der Waals surface area contributed by atoms with Gasteiger partial charge in [-0.3, -0.25) is 0 Å². The van der Waals surface area contributed by atoms with Crippen molar-refractivity contribution in [2.24, 2.45) is 0 Å². The minimum atomic E-state index is -0.292. The van der Waals surface area contributed by atoms with Crippen LogP contribution in [0.25, 0.3) is 138 Å². The zero-order valence-corrected chi connectivity index (χ0v) is 43.2. The predicted octanol–water partition coefficient (Wildman–Crippen LogP) is 19.3. The molecule has 0 radical (unpaired) electrons. The van der Waals surface area contributed by atoms with E-state index >= 15 is 0 Å². The molecule has 1 aliphatic carbocycles. The van der Waals surface area contributed by atoms with Crippen molar-refractivity contribution in [3.05, 3.63) is 278 Å². The van der Waals surface area contributed by atoms with Crippen LogP contribution in [0.2, 0.25) is 0 Å². The summed E-state index contributed by atoms with van der Waals surface area (Å²) in [4.78, 5) is 5.43. The molecule has 11 aromatic carbocycles. The van der Waals surface area contributed by atoms with Gasteiger partial charge in [-0.25, -0.2) is 4.98 Å². The Balaban J connectivity index is 0.815. The minimum Gasteiger partial charge on any atom is -0.309 e. The van der Waals surface area contributed by atoms with Crippen molar-refractivity contribution in [2.45, 2.75) is 19.3 Å². The molecular formula is C74H50N4. The number of para-hydroxylation sites is 6. The van der Waals surface area contributed by atoms with Crippen LogP contribution in [0.4, 0.5) is 0 Å². The summed E-state index contributed by atoms with van der Waals surface area (Å²) in [5, 5.41) is 7.51. The van der Waals surface area contributed by atoms with Crippen molar-refractivity contribution in [2.75, 3.05) is 0 Å². The SMILES string of the molecule is CC1(C)c2cc(-c3cc(-n4c5ccccc5c5ccccc54)cc(-n4c5ccccc5c5ccccc54)c3)ccc2-c2ccc(-c3cc(-c4ccc(-n5c6ccccc6c6ccccc65)cc4)cc(-c4ccccc4)n3)cc21. The van der Waals surface area contributed by atoms with Gasteiger partial charge >= 0.3 is 0 Å². The molecule has 0 spiro atoms. The zero-order valence-electron chi connectivity index (χ0n) is 43.2. The quantitative estimate of drug-likeness (QED) is 0.156. The fraction of sp³-hybridized carbons (Fsp3) is 0.0405. The molecule has 0 atom stereocenters. The lowest BCUT2D eigenvalue weighted by Gasteiger charge is -2.23. The highest BCUT2D eigenvalue weighted by Crippen LogP contribution is 2.51. The summed E-state index contributed by atoms with van der Waals surface area (Å²) in [7, 11) is 0. The topological polar surface area (TPSA) is 27.7 Å². The highest BCUT2D eigenvalue weighted by atomic mass is 15.0. The van der Waals surface area contributed by atoms with E-state index in [0.29, 0.717) is 0 Å². The Labute approximate surface area is 452 Å². The fourth-order valence-corrected chi connectivity index (χ4v) is 13.1. The van der Waals surface area contributed by atoms with E-state index in [-0.39, 0.29) is 5.41 Å². The Hall–Kier alpha value is -10.0. The summed E-state index contributed by atoms with van der Waals surface area (Å²) in [6.07, 6.45) is 0. The van der Waals surface area contributed by atoms with E-state index in [4.69, 9.17) is 4.98 Å². The van der Waals surface area contributed by atoms with Crippen LogP contribution in [0.5, 0.6) is 0 Å². The van der Waals surface area contributed by atoms with Crippen LogP contribution in [-0.4, -0.2) is 18.7 Å². The maximum atomic E-state index is 5.43. The number of benzene rings is 11. The van der Waals surface area contributed by atoms with Gasteiger partial charge in [-0.1, -0.05) is 190 Å². The second-order valence-corrected chi connectivity index (χ2v) is 21.5. The third-order valence-corrected chi connectivity index (χ3v) is 16.8. The van der Waals surface area contributed by atoms with Crippen LogP contribution in [0, 0.1) is 0 Å². The van der Waals surface area contributed by atoms with Gasteiger partial charge in [0.2, 0.25) is 0 Å². The van der Waals surface area contributed by atoms with Gasteiger partial charge in [-0.15, -0.1) is 0 Å². The molecule has 4 heteroatoms. The van der Waals surface area contributed by atoms with Crippen molar-refractivity contribution in [1.82, 2.24) is 18.7 Å². The Kier molecular flexibility index (Phi) is 9.65. The normalized spacial score (nSPS) is 12.8. The van der Waals surface area contributed by atoms with Gasteiger partial charge in [-0.05, 0) is 136 Å². The minimum absolute atomic E-state index is 0.292. The first-order chi connectivity index (χ1) is 38.4. The molecule has 78 heavy (non-hydrogen) atoms. The van der Waals surface area contributed by atoms with Gasteiger partial charge in [0, 0.05) is 65.9 Å². The van der Waals surface area contributed by atoms with Gasteiger partial charge in [0.25, 0.3) is 0 Å². The first-order valence-corrected chi connectivity index (χ1v) is 27.0. The first-order valence-electron chi connectivity index (χ1n) is 27.0. The predicted molar refractivity (Wildman–Crippen MR) is 327 cm³/mol. The number of aromatic nitrogens is 4. The van der Waals surface area contributed by atoms with E-state index in [1.54, 1.807) is 0 Å². The monoisotopic (exact) mass is 994 g/mol. The second-order valence-electron chi connectivity index (χ2n) is 21.5. The molecule has 0 N–H and O–H groups in total. The molecule has 4 nitrogen and oxygen atoms in total. The highest BCUT2D eigenvalue weighted by Gasteiger charge is 2.36. The number of fused-ring (bicyclic) bond motifs is 12. The van der Waals surface area contributed by atoms with E-state index < -0.39 is 0 Å². The molecule has 4 aromatic heterocycles. The average Bonchev–Trinajstić information content (AvgIpc) is 4.21. The molecule has 0 amide bonds. The molecule has 15 aromatic rings. The summed E-state index contributed by atoms with van der Waals surface area (Å²) < 4.78 is 7.28. The van der Waals surface area contributed by atoms with Crippen LogP contribution in [0.15, 0.2) is 267 Å². The highest BCUT2D eigenvalue weighted by molar-refractivity contribution is 6.11. The maximum absolute atomic E-state index is 5.43. The molecule has 0 saturated carbocycles. The van der Waals surface area contributed by atoms with Crippen molar-refractivity contribution in [1.29, 1.82) is 0 Å². The van der Waals surface area contributed by atoms with Crippen LogP contribution >= 0.6 is 0 Å². The molecule has 16 rings (SSSR count). The summed E-state index contributed by atoms with van der Waals surface area (Å²) in [6, 6.07) is 98.1. The molecule has 0 unspecified atom stereocenters. The Bertz CT molecular complexity index is 4640. The van der Waals surface area contributed by atoms with Gasteiger partial charge in [0.15, 0.2) is 0 Å². The van der Waals surface area contributed by atoms with Crippen molar-refractivity contribution >= 4 is 65.4 Å². The summed E-state index contributed by atoms with van der Waals surface area (Å²) in [5.41, 5.74) is 24.2. The second kappa shape index (κ2) is 17.0. The maximum Gasteiger partial charge on any atom is 0.0715 e.